The van der Waals surface area contributed by atoms with Crippen molar-refractivity contribution in [3.05, 3.63) is 16.0 Å². The molecule has 2 aromatic rings. The van der Waals surface area contributed by atoms with Crippen LogP contribution in [0.1, 0.15) is 11.9 Å². The van der Waals surface area contributed by atoms with Crippen molar-refractivity contribution in [3.8, 4) is 10.8 Å². The first kappa shape index (κ1) is 8.58. The quantitative estimate of drug-likeness (QED) is 0.778. The molecule has 13 heavy (non-hydrogen) atoms. The van der Waals surface area contributed by atoms with E-state index in [2.05, 4.69) is 22.1 Å². The van der Waals surface area contributed by atoms with E-state index in [0.717, 1.165) is 16.3 Å². The van der Waals surface area contributed by atoms with Crippen molar-refractivity contribution in [1.82, 2.24) is 15.2 Å². The smallest absolute Gasteiger partial charge is 0.284 e. The van der Waals surface area contributed by atoms with Gasteiger partial charge < -0.3 is 4.42 Å². The summed E-state index contributed by atoms with van der Waals surface area (Å²) in [5, 5.41) is 7.55. The molecule has 2 rings (SSSR count). The van der Waals surface area contributed by atoms with Crippen molar-refractivity contribution >= 4 is 23.6 Å². The van der Waals surface area contributed by atoms with E-state index in [-0.39, 0.29) is 0 Å². The molecule has 2 heterocycles. The van der Waals surface area contributed by atoms with Crippen LogP contribution in [-0.2, 0) is 6.42 Å². The summed E-state index contributed by atoms with van der Waals surface area (Å²) in [5.74, 6) is 0.516. The third-order valence-electron chi connectivity index (χ3n) is 1.50. The Morgan fingerprint density at radius 1 is 1.69 bits per heavy atom. The van der Waals surface area contributed by atoms with Crippen molar-refractivity contribution in [2.24, 2.45) is 0 Å². The van der Waals surface area contributed by atoms with Gasteiger partial charge in [0.15, 0.2) is 0 Å². The Kier molecular flexibility index (Phi) is 2.24. The van der Waals surface area contributed by atoms with Gasteiger partial charge >= 0.3 is 0 Å². The highest BCUT2D eigenvalue weighted by atomic mass is 32.1. The minimum absolute atomic E-state index is 0.293. The van der Waals surface area contributed by atoms with Gasteiger partial charge in [-0.15, -0.1) is 16.4 Å². The summed E-state index contributed by atoms with van der Waals surface area (Å²) in [7, 11) is 0. The summed E-state index contributed by atoms with van der Waals surface area (Å²) < 4.78 is 5.15. The lowest BCUT2D eigenvalue weighted by Crippen LogP contribution is -1.70. The Labute approximate surface area is 83.6 Å². The highest BCUT2D eigenvalue weighted by Crippen LogP contribution is 2.24. The lowest BCUT2D eigenvalue weighted by molar-refractivity contribution is 0.553. The Morgan fingerprint density at radius 2 is 2.54 bits per heavy atom. The van der Waals surface area contributed by atoms with Gasteiger partial charge in [0.1, 0.15) is 4.88 Å². The molecular weight excluding hydrogens is 206 g/mol. The highest BCUT2D eigenvalue weighted by Gasteiger charge is 2.07. The summed E-state index contributed by atoms with van der Waals surface area (Å²) in [6, 6.07) is 0. The molecular formula is C7H7N3OS2. The van der Waals surface area contributed by atoms with Crippen LogP contribution in [0.5, 0.6) is 0 Å². The van der Waals surface area contributed by atoms with E-state index in [1.807, 2.05) is 0 Å². The molecule has 0 unspecified atom stereocenters. The van der Waals surface area contributed by atoms with Crippen molar-refractivity contribution in [2.45, 2.75) is 13.3 Å². The van der Waals surface area contributed by atoms with Gasteiger partial charge in [-0.25, -0.2) is 10.1 Å². The van der Waals surface area contributed by atoms with Crippen LogP contribution in [0.2, 0.25) is 0 Å². The van der Waals surface area contributed by atoms with E-state index in [4.69, 9.17) is 16.6 Å². The number of nitrogens with one attached hydrogen (secondary N) is 1. The number of aromatic amines is 1. The molecule has 0 aliphatic carbocycles. The molecule has 68 valence electrons. The topological polar surface area (TPSA) is 54.7 Å². The number of rotatable bonds is 2. The molecule has 0 bridgehead atoms. The number of hydrogen-bond acceptors (Lipinski definition) is 5. The summed E-state index contributed by atoms with van der Waals surface area (Å²) in [5.41, 5.74) is 0. The van der Waals surface area contributed by atoms with Crippen molar-refractivity contribution in [3.63, 3.8) is 0 Å². The molecule has 0 aromatic carbocycles. The molecule has 6 heteroatoms. The Balaban J connectivity index is 2.40. The molecule has 0 saturated heterocycles. The maximum Gasteiger partial charge on any atom is 0.284 e. The van der Waals surface area contributed by atoms with Crippen LogP contribution in [-0.4, -0.2) is 15.2 Å². The van der Waals surface area contributed by atoms with Crippen LogP contribution in [0.25, 0.3) is 10.8 Å². The van der Waals surface area contributed by atoms with Crippen molar-refractivity contribution < 1.29 is 4.42 Å². The van der Waals surface area contributed by atoms with Crippen LogP contribution in [0, 0.1) is 4.84 Å². The molecule has 0 aliphatic rings. The lowest BCUT2D eigenvalue weighted by Gasteiger charge is -1.82. The normalized spacial score (nSPS) is 10.5. The SMILES string of the molecule is CCc1ncc(-c2n[nH]c(=S)o2)s1. The van der Waals surface area contributed by atoms with Crippen LogP contribution in [0.15, 0.2) is 10.6 Å². The van der Waals surface area contributed by atoms with E-state index in [1.165, 1.54) is 0 Å². The maximum atomic E-state index is 5.15. The van der Waals surface area contributed by atoms with E-state index in [9.17, 15) is 0 Å². The monoisotopic (exact) mass is 213 g/mol. The molecule has 0 fully saturated rings. The highest BCUT2D eigenvalue weighted by molar-refractivity contribution is 7.71. The second kappa shape index (κ2) is 3.39. The molecule has 4 nitrogen and oxygen atoms in total. The first-order valence-corrected chi connectivity index (χ1v) is 5.02. The zero-order valence-corrected chi connectivity index (χ0v) is 8.54. The van der Waals surface area contributed by atoms with E-state index in [1.54, 1.807) is 17.5 Å². The average Bonchev–Trinajstić information content (AvgIpc) is 2.71. The number of nitrogens with zero attached hydrogens (tertiary/aromatic N) is 2. The van der Waals surface area contributed by atoms with Gasteiger partial charge in [-0.2, -0.15) is 0 Å². The number of H-pyrrole nitrogens is 1. The Bertz CT molecular complexity index is 456. The van der Waals surface area contributed by atoms with Gasteiger partial charge in [0.25, 0.3) is 10.7 Å². The standard InChI is InChI=1S/C7H7N3OS2/c1-2-5-8-3-4(13-5)6-9-10-7(12)11-6/h3H,2H2,1H3,(H,10,12). The minimum atomic E-state index is 0.293. The fourth-order valence-corrected chi connectivity index (χ4v) is 1.82. The molecule has 0 aliphatic heterocycles. The fourth-order valence-electron chi connectivity index (χ4n) is 0.908. The Morgan fingerprint density at radius 3 is 3.08 bits per heavy atom. The average molecular weight is 213 g/mol. The molecule has 2 aromatic heterocycles. The number of aromatic nitrogens is 3. The first-order chi connectivity index (χ1) is 6.29. The molecule has 0 amide bonds. The number of aryl methyl sites for hydroxylation is 1. The van der Waals surface area contributed by atoms with Gasteiger partial charge in [0, 0.05) is 0 Å². The van der Waals surface area contributed by atoms with Crippen molar-refractivity contribution in [1.29, 1.82) is 0 Å². The Hall–Kier alpha value is -1.01. The van der Waals surface area contributed by atoms with Crippen LogP contribution in [0.4, 0.5) is 0 Å². The number of hydrogen-bond donors (Lipinski definition) is 1. The summed E-state index contributed by atoms with van der Waals surface area (Å²) in [4.78, 5) is 5.39. The zero-order valence-electron chi connectivity index (χ0n) is 6.90. The zero-order chi connectivity index (χ0) is 9.26. The second-order valence-corrected chi connectivity index (χ2v) is 3.88. The van der Waals surface area contributed by atoms with Gasteiger partial charge in [-0.3, -0.25) is 0 Å². The predicted molar refractivity (Wildman–Crippen MR) is 52.2 cm³/mol. The van der Waals surface area contributed by atoms with Gasteiger partial charge in [0.2, 0.25) is 0 Å². The largest absolute Gasteiger partial charge is 0.408 e. The molecule has 0 saturated carbocycles. The maximum absolute atomic E-state index is 5.15. The molecule has 0 spiro atoms. The second-order valence-electron chi connectivity index (χ2n) is 2.39. The lowest BCUT2D eigenvalue weighted by atomic mass is 10.5. The molecule has 0 atom stereocenters. The van der Waals surface area contributed by atoms with Crippen LogP contribution >= 0.6 is 23.6 Å². The van der Waals surface area contributed by atoms with Gasteiger partial charge in [0.05, 0.1) is 11.2 Å². The predicted octanol–water partition coefficient (Wildman–Crippen LogP) is 2.42. The molecule has 0 radical (unpaired) electrons. The van der Waals surface area contributed by atoms with Crippen LogP contribution in [0.3, 0.4) is 0 Å². The summed E-state index contributed by atoms with van der Waals surface area (Å²) in [6.45, 7) is 2.06. The minimum Gasteiger partial charge on any atom is -0.408 e. The van der Waals surface area contributed by atoms with E-state index in [0.29, 0.717) is 10.7 Å². The molecule has 1 N–H and O–H groups in total. The van der Waals surface area contributed by atoms with E-state index < -0.39 is 0 Å². The first-order valence-electron chi connectivity index (χ1n) is 3.80. The number of thiazole rings is 1. The van der Waals surface area contributed by atoms with Gasteiger partial charge in [-0.1, -0.05) is 6.92 Å². The van der Waals surface area contributed by atoms with Crippen LogP contribution < -0.4 is 0 Å². The fraction of sp³-hybridized carbons (Fsp3) is 0.286. The van der Waals surface area contributed by atoms with Gasteiger partial charge in [-0.05, 0) is 18.6 Å². The van der Waals surface area contributed by atoms with E-state index >= 15 is 0 Å². The summed E-state index contributed by atoms with van der Waals surface area (Å²) in [6.07, 6.45) is 2.67. The third kappa shape index (κ3) is 1.68. The summed E-state index contributed by atoms with van der Waals surface area (Å²) >= 11 is 6.33. The third-order valence-corrected chi connectivity index (χ3v) is 2.81. The van der Waals surface area contributed by atoms with Crippen molar-refractivity contribution in [2.75, 3.05) is 0 Å².